The molecule has 3 N–H and O–H groups in total. The molecule has 0 bridgehead atoms. The minimum atomic E-state index is -4.55. The van der Waals surface area contributed by atoms with E-state index in [-0.39, 0.29) is 10.2 Å². The van der Waals surface area contributed by atoms with Gasteiger partial charge in [0.25, 0.3) is 10.2 Å². The van der Waals surface area contributed by atoms with Gasteiger partial charge in [-0.1, -0.05) is 0 Å². The summed E-state index contributed by atoms with van der Waals surface area (Å²) in [7, 11) is -4.11. The van der Waals surface area contributed by atoms with Crippen LogP contribution in [0.3, 0.4) is 0 Å². The molecule has 16 heavy (non-hydrogen) atoms. The molecule has 4 nitrogen and oxygen atoms in total. The van der Waals surface area contributed by atoms with Crippen LogP contribution in [-0.2, 0) is 16.4 Å². The number of anilines is 1. The summed E-state index contributed by atoms with van der Waals surface area (Å²) >= 11 is 2.90. The lowest BCUT2D eigenvalue weighted by molar-refractivity contribution is -0.137. The SMILES string of the molecule is NS(=O)(=O)Nc1cc(C(F)(F)F)ccc1Br. The maximum absolute atomic E-state index is 12.3. The highest BCUT2D eigenvalue weighted by molar-refractivity contribution is 9.10. The molecular weight excluding hydrogens is 313 g/mol. The molecule has 0 saturated carbocycles. The Labute approximate surface area is 97.9 Å². The van der Waals surface area contributed by atoms with Crippen molar-refractivity contribution in [3.05, 3.63) is 28.2 Å². The van der Waals surface area contributed by atoms with E-state index in [0.717, 1.165) is 12.1 Å². The quantitative estimate of drug-likeness (QED) is 0.876. The predicted octanol–water partition coefficient (Wildman–Crippen LogP) is 2.08. The van der Waals surface area contributed by atoms with Gasteiger partial charge in [-0.15, -0.1) is 0 Å². The van der Waals surface area contributed by atoms with Crippen molar-refractivity contribution in [1.29, 1.82) is 0 Å². The molecule has 0 aliphatic carbocycles. The second kappa shape index (κ2) is 4.22. The third-order valence-electron chi connectivity index (χ3n) is 1.55. The molecule has 0 heterocycles. The Morgan fingerprint density at radius 2 is 1.88 bits per heavy atom. The average molecular weight is 319 g/mol. The van der Waals surface area contributed by atoms with Gasteiger partial charge in [0, 0.05) is 4.47 Å². The fourth-order valence-corrected chi connectivity index (χ4v) is 1.89. The Morgan fingerprint density at radius 1 is 1.31 bits per heavy atom. The lowest BCUT2D eigenvalue weighted by Gasteiger charge is -2.11. The molecule has 0 unspecified atom stereocenters. The number of nitrogens with two attached hydrogens (primary N) is 1. The van der Waals surface area contributed by atoms with Gasteiger partial charge in [-0.3, -0.25) is 4.72 Å². The molecule has 0 spiro atoms. The Morgan fingerprint density at radius 3 is 2.31 bits per heavy atom. The van der Waals surface area contributed by atoms with E-state index in [0.29, 0.717) is 6.07 Å². The van der Waals surface area contributed by atoms with Gasteiger partial charge in [0.1, 0.15) is 0 Å². The maximum atomic E-state index is 12.3. The highest BCUT2D eigenvalue weighted by Gasteiger charge is 2.31. The van der Waals surface area contributed by atoms with Gasteiger partial charge in [0.15, 0.2) is 0 Å². The lowest BCUT2D eigenvalue weighted by atomic mass is 10.2. The first-order valence-electron chi connectivity index (χ1n) is 3.77. The largest absolute Gasteiger partial charge is 0.416 e. The van der Waals surface area contributed by atoms with E-state index >= 15 is 0 Å². The zero-order valence-corrected chi connectivity index (χ0v) is 9.95. The van der Waals surface area contributed by atoms with Crippen LogP contribution in [0.15, 0.2) is 22.7 Å². The van der Waals surface area contributed by atoms with Gasteiger partial charge in [-0.05, 0) is 34.1 Å². The second-order valence-corrected chi connectivity index (χ2v) is 4.99. The molecule has 0 aliphatic heterocycles. The normalized spacial score (nSPS) is 12.6. The van der Waals surface area contributed by atoms with E-state index in [1.807, 2.05) is 0 Å². The first-order chi connectivity index (χ1) is 7.09. The minimum Gasteiger partial charge on any atom is -0.270 e. The Hall–Kier alpha value is -0.800. The van der Waals surface area contributed by atoms with E-state index in [1.165, 1.54) is 0 Å². The van der Waals surface area contributed by atoms with Crippen molar-refractivity contribution in [3.8, 4) is 0 Å². The van der Waals surface area contributed by atoms with E-state index < -0.39 is 21.9 Å². The van der Waals surface area contributed by atoms with Crippen molar-refractivity contribution < 1.29 is 21.6 Å². The molecule has 1 aromatic carbocycles. The molecule has 0 saturated heterocycles. The summed E-state index contributed by atoms with van der Waals surface area (Å²) in [5.41, 5.74) is -1.24. The molecule has 0 atom stereocenters. The van der Waals surface area contributed by atoms with Crippen LogP contribution in [0.4, 0.5) is 18.9 Å². The van der Waals surface area contributed by atoms with Gasteiger partial charge in [-0.2, -0.15) is 21.6 Å². The van der Waals surface area contributed by atoms with Crippen molar-refractivity contribution in [3.63, 3.8) is 0 Å². The van der Waals surface area contributed by atoms with Gasteiger partial charge < -0.3 is 0 Å². The Bertz CT molecular complexity index is 501. The third kappa shape index (κ3) is 3.65. The molecule has 0 fully saturated rings. The molecule has 0 aromatic heterocycles. The second-order valence-electron chi connectivity index (χ2n) is 2.84. The van der Waals surface area contributed by atoms with Crippen molar-refractivity contribution in [2.75, 3.05) is 4.72 Å². The van der Waals surface area contributed by atoms with E-state index in [2.05, 4.69) is 21.1 Å². The van der Waals surface area contributed by atoms with E-state index in [4.69, 9.17) is 0 Å². The molecule has 9 heteroatoms. The minimum absolute atomic E-state index is 0.162. The smallest absolute Gasteiger partial charge is 0.270 e. The maximum Gasteiger partial charge on any atom is 0.416 e. The van der Waals surface area contributed by atoms with Crippen molar-refractivity contribution >= 4 is 31.8 Å². The van der Waals surface area contributed by atoms with Crippen LogP contribution in [0.5, 0.6) is 0 Å². The number of benzene rings is 1. The molecule has 90 valence electrons. The third-order valence-corrected chi connectivity index (χ3v) is 2.74. The Kier molecular flexibility index (Phi) is 3.50. The van der Waals surface area contributed by atoms with E-state index in [1.54, 1.807) is 4.72 Å². The number of nitrogens with one attached hydrogen (secondary N) is 1. The van der Waals surface area contributed by atoms with Crippen LogP contribution in [0.1, 0.15) is 5.56 Å². The van der Waals surface area contributed by atoms with Crippen LogP contribution in [0, 0.1) is 0 Å². The van der Waals surface area contributed by atoms with Crippen LogP contribution in [0.2, 0.25) is 0 Å². The fraction of sp³-hybridized carbons (Fsp3) is 0.143. The zero-order valence-electron chi connectivity index (χ0n) is 7.55. The number of alkyl halides is 3. The number of hydrogen-bond donors (Lipinski definition) is 2. The summed E-state index contributed by atoms with van der Waals surface area (Å²) < 4.78 is 60.2. The van der Waals surface area contributed by atoms with Gasteiger partial charge in [0.2, 0.25) is 0 Å². The number of hydrogen-bond acceptors (Lipinski definition) is 2. The van der Waals surface area contributed by atoms with Crippen molar-refractivity contribution in [2.24, 2.45) is 5.14 Å². The van der Waals surface area contributed by atoms with Crippen LogP contribution in [0.25, 0.3) is 0 Å². The summed E-state index contributed by atoms with van der Waals surface area (Å²) in [5.74, 6) is 0. The van der Waals surface area contributed by atoms with Crippen molar-refractivity contribution in [2.45, 2.75) is 6.18 Å². The Balaban J connectivity index is 3.20. The summed E-state index contributed by atoms with van der Waals surface area (Å²) in [4.78, 5) is 0. The van der Waals surface area contributed by atoms with Crippen LogP contribution < -0.4 is 9.86 Å². The summed E-state index contributed by atoms with van der Waals surface area (Å²) in [6, 6.07) is 2.54. The molecule has 1 rings (SSSR count). The molecule has 1 aromatic rings. The van der Waals surface area contributed by atoms with Gasteiger partial charge in [0.05, 0.1) is 11.3 Å². The first-order valence-corrected chi connectivity index (χ1v) is 6.11. The van der Waals surface area contributed by atoms with Crippen molar-refractivity contribution in [1.82, 2.24) is 0 Å². The average Bonchev–Trinajstić information content (AvgIpc) is 2.04. The summed E-state index contributed by atoms with van der Waals surface area (Å²) in [6.07, 6.45) is -4.55. The zero-order chi connectivity index (χ0) is 12.6. The summed E-state index contributed by atoms with van der Waals surface area (Å²) in [5, 5.41) is 4.65. The fourth-order valence-electron chi connectivity index (χ4n) is 0.933. The van der Waals surface area contributed by atoms with Gasteiger partial charge in [-0.25, -0.2) is 5.14 Å². The van der Waals surface area contributed by atoms with Crippen LogP contribution in [-0.4, -0.2) is 8.42 Å². The lowest BCUT2D eigenvalue weighted by Crippen LogP contribution is -2.22. The molecule has 0 radical (unpaired) electrons. The van der Waals surface area contributed by atoms with E-state index in [9.17, 15) is 21.6 Å². The van der Waals surface area contributed by atoms with Crippen LogP contribution >= 0.6 is 15.9 Å². The molecule has 0 aliphatic rings. The topological polar surface area (TPSA) is 72.2 Å². The number of rotatable bonds is 2. The standard InChI is InChI=1S/C7H6BrF3N2O2S/c8-5-2-1-4(7(9,10)11)3-6(5)13-16(12,14)15/h1-3,13H,(H2,12,14,15). The van der Waals surface area contributed by atoms with Gasteiger partial charge >= 0.3 is 6.18 Å². The molecular formula is C7H6BrF3N2O2S. The first kappa shape index (κ1) is 13.3. The molecule has 0 amide bonds. The highest BCUT2D eigenvalue weighted by Crippen LogP contribution is 2.34. The highest BCUT2D eigenvalue weighted by atomic mass is 79.9. The predicted molar refractivity (Wildman–Crippen MR) is 55.9 cm³/mol. The monoisotopic (exact) mass is 318 g/mol. The summed E-state index contributed by atoms with van der Waals surface area (Å²) in [6.45, 7) is 0. The number of halogens is 4.